The van der Waals surface area contributed by atoms with Crippen molar-refractivity contribution < 1.29 is 0 Å². The van der Waals surface area contributed by atoms with E-state index in [1.54, 1.807) is 0 Å². The minimum absolute atomic E-state index is 0.139. The summed E-state index contributed by atoms with van der Waals surface area (Å²) >= 11 is 3.48. The van der Waals surface area contributed by atoms with Gasteiger partial charge in [0.15, 0.2) is 0 Å². The molecule has 1 aromatic carbocycles. The average Bonchev–Trinajstić information content (AvgIpc) is 2.19. The number of rotatable bonds is 1. The van der Waals surface area contributed by atoms with Crippen molar-refractivity contribution in [3.8, 4) is 0 Å². The van der Waals surface area contributed by atoms with Crippen molar-refractivity contribution in [3.05, 3.63) is 34.2 Å². The first-order chi connectivity index (χ1) is 7.09. The molecular formula is C11H12BrN3. The summed E-state index contributed by atoms with van der Waals surface area (Å²) in [5, 5.41) is 1.06. The van der Waals surface area contributed by atoms with Gasteiger partial charge in [-0.25, -0.2) is 9.97 Å². The zero-order chi connectivity index (χ0) is 11.0. The van der Waals surface area contributed by atoms with Crippen LogP contribution in [0.15, 0.2) is 22.7 Å². The highest BCUT2D eigenvalue weighted by molar-refractivity contribution is 9.10. The summed E-state index contributed by atoms with van der Waals surface area (Å²) in [6.45, 7) is 3.86. The third-order valence-electron chi connectivity index (χ3n) is 2.29. The molecule has 78 valence electrons. The Hall–Kier alpha value is -1.00. The highest BCUT2D eigenvalue weighted by Crippen LogP contribution is 2.24. The largest absolute Gasteiger partial charge is 0.322 e. The molecule has 2 aromatic rings. The van der Waals surface area contributed by atoms with Crippen LogP contribution < -0.4 is 5.73 Å². The van der Waals surface area contributed by atoms with Gasteiger partial charge in [0.2, 0.25) is 0 Å². The number of nitrogens with zero attached hydrogens (tertiary/aromatic N) is 2. The number of halogens is 1. The van der Waals surface area contributed by atoms with E-state index >= 15 is 0 Å². The highest BCUT2D eigenvalue weighted by atomic mass is 79.9. The van der Waals surface area contributed by atoms with Crippen LogP contribution in [0.4, 0.5) is 0 Å². The van der Waals surface area contributed by atoms with Crippen LogP contribution in [0.25, 0.3) is 10.9 Å². The van der Waals surface area contributed by atoms with Crippen molar-refractivity contribution in [2.75, 3.05) is 0 Å². The predicted molar refractivity (Wildman–Crippen MR) is 64.6 cm³/mol. The fourth-order valence-corrected chi connectivity index (χ4v) is 1.95. The number of para-hydroxylation sites is 1. The molecule has 2 rings (SSSR count). The van der Waals surface area contributed by atoms with Crippen molar-refractivity contribution in [2.45, 2.75) is 19.9 Å². The standard InChI is InChI=1S/C11H12BrN3/c1-6(13)11-14-7(2)8-4-3-5-9(12)10(8)15-11/h3-6H,13H2,1-2H3. The first-order valence-electron chi connectivity index (χ1n) is 4.78. The second-order valence-electron chi connectivity index (χ2n) is 3.59. The molecule has 0 aliphatic rings. The van der Waals surface area contributed by atoms with E-state index in [2.05, 4.69) is 25.9 Å². The Balaban J connectivity index is 2.80. The van der Waals surface area contributed by atoms with E-state index in [1.165, 1.54) is 0 Å². The first kappa shape index (κ1) is 10.5. The summed E-state index contributed by atoms with van der Waals surface area (Å²) in [6, 6.07) is 5.83. The molecule has 3 nitrogen and oxygen atoms in total. The van der Waals surface area contributed by atoms with Gasteiger partial charge in [-0.2, -0.15) is 0 Å². The van der Waals surface area contributed by atoms with Gasteiger partial charge in [-0.3, -0.25) is 0 Å². The summed E-state index contributed by atoms with van der Waals surface area (Å²) in [7, 11) is 0. The highest BCUT2D eigenvalue weighted by Gasteiger charge is 2.09. The molecule has 2 N–H and O–H groups in total. The van der Waals surface area contributed by atoms with Crippen LogP contribution in [0.5, 0.6) is 0 Å². The van der Waals surface area contributed by atoms with Gasteiger partial charge in [0.25, 0.3) is 0 Å². The normalized spacial score (nSPS) is 13.1. The summed E-state index contributed by atoms with van der Waals surface area (Å²) in [4.78, 5) is 8.84. The summed E-state index contributed by atoms with van der Waals surface area (Å²) in [5.41, 5.74) is 7.68. The quantitative estimate of drug-likeness (QED) is 0.863. The molecule has 0 radical (unpaired) electrons. The summed E-state index contributed by atoms with van der Waals surface area (Å²) in [5.74, 6) is 0.687. The maximum atomic E-state index is 5.78. The Morgan fingerprint density at radius 1 is 1.33 bits per heavy atom. The molecule has 0 aliphatic heterocycles. The van der Waals surface area contributed by atoms with Gasteiger partial charge in [0.05, 0.1) is 11.6 Å². The SMILES string of the molecule is Cc1nc(C(C)N)nc2c(Br)cccc12. The molecule has 0 spiro atoms. The van der Waals surface area contributed by atoms with Gasteiger partial charge in [-0.1, -0.05) is 12.1 Å². The second kappa shape index (κ2) is 3.87. The molecular weight excluding hydrogens is 254 g/mol. The number of fused-ring (bicyclic) bond motifs is 1. The summed E-state index contributed by atoms with van der Waals surface area (Å²) in [6.07, 6.45) is 0. The average molecular weight is 266 g/mol. The maximum absolute atomic E-state index is 5.78. The van der Waals surface area contributed by atoms with Crippen molar-refractivity contribution in [1.82, 2.24) is 9.97 Å². The van der Waals surface area contributed by atoms with Gasteiger partial charge < -0.3 is 5.73 Å². The van der Waals surface area contributed by atoms with E-state index in [4.69, 9.17) is 5.73 Å². The van der Waals surface area contributed by atoms with E-state index < -0.39 is 0 Å². The molecule has 1 atom stereocenters. The van der Waals surface area contributed by atoms with Gasteiger partial charge in [0.1, 0.15) is 5.82 Å². The predicted octanol–water partition coefficient (Wildman–Crippen LogP) is 2.72. The molecule has 4 heteroatoms. The van der Waals surface area contributed by atoms with E-state index in [0.29, 0.717) is 5.82 Å². The number of aromatic nitrogens is 2. The van der Waals surface area contributed by atoms with Crippen LogP contribution in [0.3, 0.4) is 0 Å². The molecule has 1 unspecified atom stereocenters. The minimum Gasteiger partial charge on any atom is -0.322 e. The van der Waals surface area contributed by atoms with Crippen LogP contribution in [-0.2, 0) is 0 Å². The molecule has 0 aliphatic carbocycles. The van der Waals surface area contributed by atoms with Crippen LogP contribution in [-0.4, -0.2) is 9.97 Å². The Labute approximate surface area is 96.9 Å². The first-order valence-corrected chi connectivity index (χ1v) is 5.57. The van der Waals surface area contributed by atoms with E-state index in [1.807, 2.05) is 32.0 Å². The topological polar surface area (TPSA) is 51.8 Å². The number of hydrogen-bond acceptors (Lipinski definition) is 3. The number of hydrogen-bond donors (Lipinski definition) is 1. The number of benzene rings is 1. The molecule has 0 saturated heterocycles. The monoisotopic (exact) mass is 265 g/mol. The Kier molecular flexibility index (Phi) is 2.71. The number of aryl methyl sites for hydroxylation is 1. The molecule has 0 amide bonds. The van der Waals surface area contributed by atoms with Gasteiger partial charge in [0, 0.05) is 15.6 Å². The fraction of sp³-hybridized carbons (Fsp3) is 0.273. The molecule has 1 aromatic heterocycles. The van der Waals surface area contributed by atoms with Gasteiger partial charge >= 0.3 is 0 Å². The maximum Gasteiger partial charge on any atom is 0.145 e. The Morgan fingerprint density at radius 2 is 2.07 bits per heavy atom. The molecule has 0 fully saturated rings. The van der Waals surface area contributed by atoms with Crippen LogP contribution in [0.1, 0.15) is 24.5 Å². The zero-order valence-corrected chi connectivity index (χ0v) is 10.2. The van der Waals surface area contributed by atoms with Crippen LogP contribution in [0.2, 0.25) is 0 Å². The van der Waals surface area contributed by atoms with Crippen LogP contribution in [0, 0.1) is 6.92 Å². The van der Waals surface area contributed by atoms with Crippen molar-refractivity contribution in [1.29, 1.82) is 0 Å². The lowest BCUT2D eigenvalue weighted by Gasteiger charge is -2.08. The fourth-order valence-electron chi connectivity index (χ4n) is 1.50. The van der Waals surface area contributed by atoms with Crippen molar-refractivity contribution in [2.24, 2.45) is 5.73 Å². The molecule has 0 saturated carbocycles. The van der Waals surface area contributed by atoms with Gasteiger partial charge in [-0.05, 0) is 35.8 Å². The third kappa shape index (κ3) is 1.87. The van der Waals surface area contributed by atoms with E-state index in [-0.39, 0.29) is 6.04 Å². The van der Waals surface area contributed by atoms with Crippen molar-refractivity contribution >= 4 is 26.8 Å². The summed E-state index contributed by atoms with van der Waals surface area (Å²) < 4.78 is 0.979. The van der Waals surface area contributed by atoms with E-state index in [9.17, 15) is 0 Å². The third-order valence-corrected chi connectivity index (χ3v) is 2.93. The molecule has 15 heavy (non-hydrogen) atoms. The van der Waals surface area contributed by atoms with Gasteiger partial charge in [-0.15, -0.1) is 0 Å². The lowest BCUT2D eigenvalue weighted by molar-refractivity contribution is 0.741. The second-order valence-corrected chi connectivity index (χ2v) is 4.45. The minimum atomic E-state index is -0.139. The van der Waals surface area contributed by atoms with Crippen LogP contribution >= 0.6 is 15.9 Å². The smallest absolute Gasteiger partial charge is 0.145 e. The zero-order valence-electron chi connectivity index (χ0n) is 8.66. The Bertz CT molecular complexity index is 508. The Morgan fingerprint density at radius 3 is 2.73 bits per heavy atom. The molecule has 1 heterocycles. The lowest BCUT2D eigenvalue weighted by atomic mass is 10.2. The lowest BCUT2D eigenvalue weighted by Crippen LogP contribution is -2.11. The number of nitrogens with two attached hydrogens (primary N) is 1. The van der Waals surface area contributed by atoms with Crippen molar-refractivity contribution in [3.63, 3.8) is 0 Å². The molecule has 0 bridgehead atoms. The van der Waals surface area contributed by atoms with E-state index in [0.717, 1.165) is 21.1 Å².